The van der Waals surface area contributed by atoms with Gasteiger partial charge in [0.05, 0.1) is 0 Å². The summed E-state index contributed by atoms with van der Waals surface area (Å²) in [4.78, 5) is 0. The minimum atomic E-state index is -6.00. The molecule has 0 atom stereocenters. The summed E-state index contributed by atoms with van der Waals surface area (Å²) in [7, 11) is -6.00. The second-order valence-electron chi connectivity index (χ2n) is 4.82. The molecule has 0 spiro atoms. The molecule has 0 saturated carbocycles. The van der Waals surface area contributed by atoms with Gasteiger partial charge in [-0.2, -0.15) is 0 Å². The van der Waals surface area contributed by atoms with Gasteiger partial charge in [0.25, 0.3) is 0 Å². The van der Waals surface area contributed by atoms with Gasteiger partial charge in [0.15, 0.2) is 0 Å². The zero-order chi connectivity index (χ0) is 15.3. The molecular weight excluding hydrogens is 346 g/mol. The number of fused-ring (bicyclic) bond motifs is 1. The van der Waals surface area contributed by atoms with Gasteiger partial charge in [-0.05, 0) is 0 Å². The van der Waals surface area contributed by atoms with Crippen molar-refractivity contribution in [3.63, 3.8) is 0 Å². The van der Waals surface area contributed by atoms with Gasteiger partial charge in [-0.15, -0.1) is 0 Å². The van der Waals surface area contributed by atoms with E-state index in [1.165, 1.54) is 31.2 Å². The van der Waals surface area contributed by atoms with Crippen molar-refractivity contribution in [2.75, 3.05) is 0 Å². The molecular formula is C15H15BF4Se. The van der Waals surface area contributed by atoms with Crippen molar-refractivity contribution in [1.82, 2.24) is 0 Å². The molecule has 0 nitrogen and oxygen atoms in total. The summed E-state index contributed by atoms with van der Waals surface area (Å²) in [5.41, 5.74) is 3.06. The fourth-order valence-corrected chi connectivity index (χ4v) is 4.82. The summed E-state index contributed by atoms with van der Waals surface area (Å²) in [6, 6.07) is 15.5. The van der Waals surface area contributed by atoms with E-state index in [4.69, 9.17) is 0 Å². The molecule has 0 N–H and O–H groups in total. The molecule has 1 aliphatic carbocycles. The molecule has 21 heavy (non-hydrogen) atoms. The van der Waals surface area contributed by atoms with Gasteiger partial charge in [-0.3, -0.25) is 0 Å². The van der Waals surface area contributed by atoms with E-state index in [0.29, 0.717) is 14.5 Å². The summed E-state index contributed by atoms with van der Waals surface area (Å²) in [5.74, 6) is 0. The molecule has 112 valence electrons. The van der Waals surface area contributed by atoms with E-state index in [-0.39, 0.29) is 0 Å². The summed E-state index contributed by atoms with van der Waals surface area (Å²) >= 11 is 0.575. The number of hydrogen-bond acceptors (Lipinski definition) is 0. The average molecular weight is 361 g/mol. The van der Waals surface area contributed by atoms with E-state index in [1.807, 2.05) is 0 Å². The molecule has 0 bridgehead atoms. The summed E-state index contributed by atoms with van der Waals surface area (Å²) in [5, 5.41) is 0. The molecule has 1 aromatic carbocycles. The summed E-state index contributed by atoms with van der Waals surface area (Å²) in [6.07, 6.45) is 5.45. The van der Waals surface area contributed by atoms with Gasteiger partial charge >= 0.3 is 110 Å². The molecule has 0 saturated heterocycles. The molecule has 6 heteroatoms. The Labute approximate surface area is 127 Å². The van der Waals surface area contributed by atoms with E-state index >= 15 is 0 Å². The molecule has 0 amide bonds. The number of rotatable bonds is 1. The van der Waals surface area contributed by atoms with Crippen LogP contribution in [-0.4, -0.2) is 21.8 Å². The predicted molar refractivity (Wildman–Crippen MR) is 80.1 cm³/mol. The van der Waals surface area contributed by atoms with E-state index < -0.39 is 7.25 Å². The third-order valence-corrected chi connectivity index (χ3v) is 5.92. The molecule has 1 aliphatic rings. The van der Waals surface area contributed by atoms with Gasteiger partial charge in [0, 0.05) is 0 Å². The van der Waals surface area contributed by atoms with Crippen LogP contribution in [0.5, 0.6) is 0 Å². The number of hydrogen-bond donors (Lipinski definition) is 0. The number of halogens is 4. The van der Waals surface area contributed by atoms with Gasteiger partial charge in [-0.25, -0.2) is 0 Å². The van der Waals surface area contributed by atoms with Crippen LogP contribution in [0.2, 0.25) is 0 Å². The van der Waals surface area contributed by atoms with Crippen molar-refractivity contribution in [2.24, 2.45) is 0 Å². The molecule has 0 unspecified atom stereocenters. The maximum atomic E-state index is 9.75. The standard InChI is InChI=1S/C15H15Se.BF4/c1-2-6-12(7-3-1)15-11-10-13-8-4-5-9-14(13)16-15;2-1(3,4)5/h1-3,6-7,10-11H,4-5,8-9H2;/q+1;-1. The van der Waals surface area contributed by atoms with Crippen LogP contribution >= 0.6 is 0 Å². The number of aryl methyl sites for hydroxylation is 2. The van der Waals surface area contributed by atoms with Gasteiger partial charge in [-0.1, -0.05) is 0 Å². The average Bonchev–Trinajstić information content (AvgIpc) is 2.46. The monoisotopic (exact) mass is 362 g/mol. The van der Waals surface area contributed by atoms with E-state index in [0.717, 1.165) is 0 Å². The van der Waals surface area contributed by atoms with Crippen molar-refractivity contribution in [3.8, 4) is 10.0 Å². The van der Waals surface area contributed by atoms with Crippen LogP contribution in [-0.2, 0) is 12.8 Å². The molecule has 1 heterocycles. The summed E-state index contributed by atoms with van der Waals surface area (Å²) in [6.45, 7) is 0. The molecule has 1 aromatic heterocycles. The Morgan fingerprint density at radius 3 is 2.10 bits per heavy atom. The second-order valence-corrected chi connectivity index (χ2v) is 7.20. The Morgan fingerprint density at radius 2 is 1.43 bits per heavy atom. The SMILES string of the molecule is F[B-](F)(F)F.c1ccc(-c2ccc3c([se+]2)CCCC3)cc1. The number of benzene rings is 1. The predicted octanol–water partition coefficient (Wildman–Crippen LogP) is 4.87. The third-order valence-electron chi connectivity index (χ3n) is 3.19. The van der Waals surface area contributed by atoms with Crippen LogP contribution in [0.15, 0.2) is 42.5 Å². The Kier molecular flexibility index (Phi) is 5.60. The second kappa shape index (κ2) is 7.23. The van der Waals surface area contributed by atoms with Gasteiger partial charge in [0.2, 0.25) is 0 Å². The first kappa shape index (κ1) is 16.2. The summed E-state index contributed by atoms with van der Waals surface area (Å²) < 4.78 is 42.3. The van der Waals surface area contributed by atoms with Crippen molar-refractivity contribution in [1.29, 1.82) is 0 Å². The molecule has 2 aromatic rings. The first-order valence-electron chi connectivity index (χ1n) is 6.81. The minimum absolute atomic E-state index is 0.575. The van der Waals surface area contributed by atoms with E-state index in [1.54, 1.807) is 14.4 Å². The van der Waals surface area contributed by atoms with Crippen LogP contribution in [0, 0.1) is 0 Å². The normalized spacial score (nSPS) is 13.9. The Bertz CT molecular complexity index is 578. The molecule has 0 fully saturated rings. The van der Waals surface area contributed by atoms with Crippen LogP contribution in [0.25, 0.3) is 10.0 Å². The quantitative estimate of drug-likeness (QED) is 0.502. The van der Waals surface area contributed by atoms with E-state index in [2.05, 4.69) is 42.5 Å². The molecule has 0 radical (unpaired) electrons. The van der Waals surface area contributed by atoms with Crippen LogP contribution in [0.3, 0.4) is 0 Å². The van der Waals surface area contributed by atoms with Gasteiger partial charge in [0.1, 0.15) is 0 Å². The topological polar surface area (TPSA) is 0 Å². The third kappa shape index (κ3) is 5.64. The van der Waals surface area contributed by atoms with E-state index in [9.17, 15) is 17.3 Å². The molecule has 0 aliphatic heterocycles. The van der Waals surface area contributed by atoms with Crippen LogP contribution in [0.1, 0.15) is 22.8 Å². The zero-order valence-corrected chi connectivity index (χ0v) is 13.1. The van der Waals surface area contributed by atoms with Crippen molar-refractivity contribution in [2.45, 2.75) is 25.7 Å². The van der Waals surface area contributed by atoms with Crippen LogP contribution in [0.4, 0.5) is 17.3 Å². The first-order chi connectivity index (χ1) is 9.93. The van der Waals surface area contributed by atoms with Crippen molar-refractivity contribution >= 4 is 21.8 Å². The Morgan fingerprint density at radius 1 is 0.810 bits per heavy atom. The zero-order valence-electron chi connectivity index (χ0n) is 11.4. The van der Waals surface area contributed by atoms with Gasteiger partial charge < -0.3 is 17.3 Å². The Hall–Kier alpha value is -1.13. The van der Waals surface area contributed by atoms with Crippen LogP contribution < -0.4 is 0 Å². The van der Waals surface area contributed by atoms with Crippen molar-refractivity contribution < 1.29 is 17.3 Å². The fraction of sp³-hybridized carbons (Fsp3) is 0.267. The Balaban J connectivity index is 0.000000282. The maximum absolute atomic E-state index is 9.75. The van der Waals surface area contributed by atoms with Crippen molar-refractivity contribution in [3.05, 3.63) is 52.5 Å². The first-order valence-corrected chi connectivity index (χ1v) is 8.52. The molecule has 3 rings (SSSR count). The fourth-order valence-electron chi connectivity index (χ4n) is 2.29.